The second-order valence-corrected chi connectivity index (χ2v) is 4.18. The molecule has 1 aromatic carbocycles. The van der Waals surface area contributed by atoms with E-state index in [1.807, 2.05) is 0 Å². The molecule has 1 aromatic rings. The minimum Gasteiger partial charge on any atom is -0.616 e. The van der Waals surface area contributed by atoms with E-state index in [1.54, 1.807) is 18.4 Å². The van der Waals surface area contributed by atoms with Crippen molar-refractivity contribution in [1.82, 2.24) is 0 Å². The van der Waals surface area contributed by atoms with Gasteiger partial charge in [-0.2, -0.15) is 8.78 Å². The summed E-state index contributed by atoms with van der Waals surface area (Å²) in [5, 5.41) is 0. The number of rotatable bonds is 4. The van der Waals surface area contributed by atoms with Crippen molar-refractivity contribution < 1.29 is 18.1 Å². The zero-order valence-corrected chi connectivity index (χ0v) is 8.39. The van der Waals surface area contributed by atoms with Crippen LogP contribution in [-0.4, -0.2) is 17.4 Å². The van der Waals surface area contributed by atoms with Crippen LogP contribution < -0.4 is 4.74 Å². The minimum atomic E-state index is -2.82. The van der Waals surface area contributed by atoms with Crippen LogP contribution >= 0.6 is 0 Å². The largest absolute Gasteiger partial charge is 0.616 e. The van der Waals surface area contributed by atoms with E-state index in [9.17, 15) is 13.3 Å². The van der Waals surface area contributed by atoms with E-state index in [4.69, 9.17) is 0 Å². The lowest BCUT2D eigenvalue weighted by molar-refractivity contribution is -0.0498. The van der Waals surface area contributed by atoms with Gasteiger partial charge in [-0.25, -0.2) is 0 Å². The van der Waals surface area contributed by atoms with Crippen LogP contribution in [0.1, 0.15) is 5.56 Å². The highest BCUT2D eigenvalue weighted by Gasteiger charge is 2.06. The monoisotopic (exact) mass is 220 g/mol. The lowest BCUT2D eigenvalue weighted by Gasteiger charge is -2.07. The van der Waals surface area contributed by atoms with Crippen LogP contribution in [0.25, 0.3) is 0 Å². The Balaban J connectivity index is 2.68. The Kier molecular flexibility index (Phi) is 4.16. The Labute approximate surface area is 84.1 Å². The molecule has 0 amide bonds. The van der Waals surface area contributed by atoms with E-state index in [1.165, 1.54) is 12.1 Å². The highest BCUT2D eigenvalue weighted by atomic mass is 32.2. The van der Waals surface area contributed by atoms with Gasteiger partial charge in [-0.1, -0.05) is 23.3 Å². The van der Waals surface area contributed by atoms with Crippen molar-refractivity contribution in [2.24, 2.45) is 0 Å². The highest BCUT2D eigenvalue weighted by Crippen LogP contribution is 2.17. The van der Waals surface area contributed by atoms with Crippen LogP contribution in [0, 0.1) is 0 Å². The van der Waals surface area contributed by atoms with Gasteiger partial charge in [-0.05, 0) is 12.1 Å². The summed E-state index contributed by atoms with van der Waals surface area (Å²) in [4.78, 5) is 0. The molecule has 1 rings (SSSR count). The highest BCUT2D eigenvalue weighted by molar-refractivity contribution is 7.89. The third-order valence-corrected chi connectivity index (χ3v) is 2.23. The maximum atomic E-state index is 11.8. The number of hydrogen-bond acceptors (Lipinski definition) is 2. The van der Waals surface area contributed by atoms with E-state index in [0.717, 1.165) is 5.56 Å². The van der Waals surface area contributed by atoms with Gasteiger partial charge in [0.1, 0.15) is 11.5 Å². The summed E-state index contributed by atoms with van der Waals surface area (Å²) in [6, 6.07) is 6.22. The lowest BCUT2D eigenvalue weighted by atomic mass is 10.2. The normalized spacial score (nSPS) is 12.9. The van der Waals surface area contributed by atoms with Crippen molar-refractivity contribution in [3.63, 3.8) is 0 Å². The molecule has 0 aliphatic carbocycles. The first-order valence-corrected chi connectivity index (χ1v) is 5.64. The van der Waals surface area contributed by atoms with Crippen molar-refractivity contribution in [1.29, 1.82) is 0 Å². The molecule has 0 fully saturated rings. The number of hydrogen-bond donors (Lipinski definition) is 0. The average Bonchev–Trinajstić information content (AvgIpc) is 2.01. The molecule has 1 atom stereocenters. The van der Waals surface area contributed by atoms with Gasteiger partial charge in [0, 0.05) is 5.56 Å². The van der Waals surface area contributed by atoms with Crippen molar-refractivity contribution in [2.45, 2.75) is 12.4 Å². The number of halogens is 2. The maximum Gasteiger partial charge on any atom is 0.387 e. The third-order valence-electron chi connectivity index (χ3n) is 1.49. The molecule has 0 aliphatic heterocycles. The van der Waals surface area contributed by atoms with E-state index < -0.39 is 17.8 Å². The van der Waals surface area contributed by atoms with Crippen LogP contribution in [0.5, 0.6) is 5.75 Å². The molecule has 0 aromatic heterocycles. The molecule has 0 radical (unpaired) electrons. The fourth-order valence-electron chi connectivity index (χ4n) is 1.05. The van der Waals surface area contributed by atoms with Crippen LogP contribution in [-0.2, 0) is 16.9 Å². The van der Waals surface area contributed by atoms with Crippen LogP contribution in [0.3, 0.4) is 0 Å². The first-order valence-electron chi connectivity index (χ1n) is 3.91. The molecule has 5 heteroatoms. The van der Waals surface area contributed by atoms with Crippen LogP contribution in [0.15, 0.2) is 24.3 Å². The first-order chi connectivity index (χ1) is 6.58. The summed E-state index contributed by atoms with van der Waals surface area (Å²) in [6.45, 7) is -2.82. The molecular formula is C9H10F2O2S. The Bertz CT molecular complexity index is 267. The Hall–Kier alpha value is -0.810. The van der Waals surface area contributed by atoms with Crippen molar-refractivity contribution >= 4 is 11.2 Å². The number of ether oxygens (including phenoxy) is 1. The van der Waals surface area contributed by atoms with Gasteiger partial charge in [0.2, 0.25) is 0 Å². The third kappa shape index (κ3) is 3.93. The summed E-state index contributed by atoms with van der Waals surface area (Å²) in [5.74, 6) is 0.448. The van der Waals surface area contributed by atoms with Crippen LogP contribution in [0.2, 0.25) is 0 Å². The molecule has 0 saturated carbocycles. The lowest BCUT2D eigenvalue weighted by Crippen LogP contribution is -2.04. The molecule has 0 N–H and O–H groups in total. The predicted molar refractivity (Wildman–Crippen MR) is 50.8 cm³/mol. The molecule has 2 nitrogen and oxygen atoms in total. The predicted octanol–water partition coefficient (Wildman–Crippen LogP) is 2.17. The average molecular weight is 220 g/mol. The molecule has 0 aliphatic rings. The zero-order chi connectivity index (χ0) is 10.6. The first kappa shape index (κ1) is 11.3. The van der Waals surface area contributed by atoms with Gasteiger partial charge in [0.25, 0.3) is 0 Å². The van der Waals surface area contributed by atoms with Gasteiger partial charge < -0.3 is 9.29 Å². The van der Waals surface area contributed by atoms with Gasteiger partial charge in [0.05, 0.1) is 6.26 Å². The van der Waals surface area contributed by atoms with E-state index in [0.29, 0.717) is 5.75 Å². The Morgan fingerprint density at radius 3 is 2.79 bits per heavy atom. The zero-order valence-electron chi connectivity index (χ0n) is 7.57. The topological polar surface area (TPSA) is 32.3 Å². The Morgan fingerprint density at radius 1 is 1.50 bits per heavy atom. The van der Waals surface area contributed by atoms with E-state index >= 15 is 0 Å². The fourth-order valence-corrected chi connectivity index (χ4v) is 1.70. The van der Waals surface area contributed by atoms with Gasteiger partial charge in [-0.15, -0.1) is 0 Å². The summed E-state index contributed by atoms with van der Waals surface area (Å²) in [7, 11) is 0. The van der Waals surface area contributed by atoms with Crippen molar-refractivity contribution in [2.75, 3.05) is 6.26 Å². The molecule has 78 valence electrons. The van der Waals surface area contributed by atoms with Crippen molar-refractivity contribution in [3.8, 4) is 5.75 Å². The van der Waals surface area contributed by atoms with Crippen molar-refractivity contribution in [3.05, 3.63) is 29.8 Å². The minimum absolute atomic E-state index is 0.1000. The maximum absolute atomic E-state index is 11.8. The Morgan fingerprint density at radius 2 is 2.21 bits per heavy atom. The molecular weight excluding hydrogens is 210 g/mol. The summed E-state index contributed by atoms with van der Waals surface area (Å²) >= 11 is -0.981. The summed E-state index contributed by atoms with van der Waals surface area (Å²) in [6.07, 6.45) is 1.56. The molecule has 0 saturated heterocycles. The van der Waals surface area contributed by atoms with Gasteiger partial charge >= 0.3 is 6.61 Å². The molecule has 0 spiro atoms. The molecule has 1 unspecified atom stereocenters. The van der Waals surface area contributed by atoms with Gasteiger partial charge in [0.15, 0.2) is 0 Å². The standard InChI is InChI=1S/C9H10F2O2S/c1-14(12)6-7-3-2-4-8(5-7)13-9(10)11/h2-5,9H,6H2,1H3. The SMILES string of the molecule is C[S+]([O-])Cc1cccc(OC(F)F)c1. The van der Waals surface area contributed by atoms with Gasteiger partial charge in [-0.3, -0.25) is 0 Å². The number of benzene rings is 1. The summed E-state index contributed by atoms with van der Waals surface area (Å²) < 4.78 is 38.7. The second-order valence-electron chi connectivity index (χ2n) is 2.74. The van der Waals surface area contributed by atoms with Crippen LogP contribution in [0.4, 0.5) is 8.78 Å². The smallest absolute Gasteiger partial charge is 0.387 e. The second kappa shape index (κ2) is 5.17. The molecule has 14 heavy (non-hydrogen) atoms. The number of alkyl halides is 2. The quantitative estimate of drug-likeness (QED) is 0.728. The molecule has 0 heterocycles. The van der Waals surface area contributed by atoms with E-state index in [-0.39, 0.29) is 5.75 Å². The summed E-state index contributed by atoms with van der Waals surface area (Å²) in [5.41, 5.74) is 0.726. The molecule has 0 bridgehead atoms. The fraction of sp³-hybridized carbons (Fsp3) is 0.333. The van der Waals surface area contributed by atoms with E-state index in [2.05, 4.69) is 4.74 Å².